The van der Waals surface area contributed by atoms with Crippen molar-refractivity contribution in [2.45, 2.75) is 38.1 Å². The van der Waals surface area contributed by atoms with E-state index in [1.807, 2.05) is 7.05 Å². The summed E-state index contributed by atoms with van der Waals surface area (Å²) < 4.78 is 0. The van der Waals surface area contributed by atoms with Crippen LogP contribution in [0.4, 0.5) is 0 Å². The number of nitrogens with one attached hydrogen (secondary N) is 1. The molecule has 0 bridgehead atoms. The van der Waals surface area contributed by atoms with Crippen molar-refractivity contribution >= 4 is 5.91 Å². The lowest BCUT2D eigenvalue weighted by Gasteiger charge is -2.14. The van der Waals surface area contributed by atoms with Crippen LogP contribution in [0.25, 0.3) is 0 Å². The Balaban J connectivity index is 3.45. The van der Waals surface area contributed by atoms with Gasteiger partial charge in [-0.15, -0.1) is 0 Å². The number of carbonyl (C=O) groups is 1. The average molecular weight is 187 g/mol. The number of unbranched alkanes of at least 4 members (excludes halogenated alkanes) is 1. The van der Waals surface area contributed by atoms with Gasteiger partial charge in [0.2, 0.25) is 5.91 Å². The molecule has 0 rings (SSSR count). The fourth-order valence-corrected chi connectivity index (χ4v) is 1.28. The summed E-state index contributed by atoms with van der Waals surface area (Å²) in [6, 6.07) is 0.402. The number of hydrogen-bond acceptors (Lipinski definition) is 3. The normalized spacial score (nSPS) is 12.8. The summed E-state index contributed by atoms with van der Waals surface area (Å²) in [6.45, 7) is 0.742. The lowest BCUT2D eigenvalue weighted by Crippen LogP contribution is -2.27. The molecule has 1 amide bonds. The van der Waals surface area contributed by atoms with E-state index in [9.17, 15) is 4.79 Å². The van der Waals surface area contributed by atoms with Gasteiger partial charge in [0.1, 0.15) is 0 Å². The Hall–Kier alpha value is -0.610. The van der Waals surface area contributed by atoms with Crippen molar-refractivity contribution in [3.05, 3.63) is 0 Å². The molecule has 78 valence electrons. The number of primary amides is 1. The standard InChI is InChI=1S/C9H21N3O/c1-12-8(4-2-3-7-10)5-6-9(11)13/h8,12H,2-7,10H2,1H3,(H2,11,13). The molecule has 0 saturated carbocycles. The van der Waals surface area contributed by atoms with E-state index in [1.54, 1.807) is 0 Å². The molecule has 0 spiro atoms. The average Bonchev–Trinajstić information content (AvgIpc) is 2.10. The maximum absolute atomic E-state index is 10.5. The number of rotatable bonds is 8. The molecule has 0 aromatic rings. The van der Waals surface area contributed by atoms with Crippen LogP contribution >= 0.6 is 0 Å². The first kappa shape index (κ1) is 12.4. The molecule has 0 saturated heterocycles. The number of carbonyl (C=O) groups excluding carboxylic acids is 1. The minimum Gasteiger partial charge on any atom is -0.370 e. The Bertz CT molecular complexity index is 139. The molecule has 1 unspecified atom stereocenters. The van der Waals surface area contributed by atoms with Crippen molar-refractivity contribution in [1.82, 2.24) is 5.32 Å². The fraction of sp³-hybridized carbons (Fsp3) is 0.889. The highest BCUT2D eigenvalue weighted by molar-refractivity contribution is 5.73. The van der Waals surface area contributed by atoms with Crippen molar-refractivity contribution in [3.63, 3.8) is 0 Å². The molecule has 0 aliphatic carbocycles. The van der Waals surface area contributed by atoms with Gasteiger partial charge in [-0.25, -0.2) is 0 Å². The molecule has 4 nitrogen and oxygen atoms in total. The summed E-state index contributed by atoms with van der Waals surface area (Å²) >= 11 is 0. The van der Waals surface area contributed by atoms with E-state index in [4.69, 9.17) is 11.5 Å². The molecule has 0 aromatic carbocycles. The third-order valence-corrected chi connectivity index (χ3v) is 2.15. The molecule has 0 aromatic heterocycles. The van der Waals surface area contributed by atoms with Crippen LogP contribution in [-0.4, -0.2) is 25.5 Å². The van der Waals surface area contributed by atoms with Crippen LogP contribution in [0.2, 0.25) is 0 Å². The topological polar surface area (TPSA) is 81.1 Å². The second kappa shape index (κ2) is 8.01. The van der Waals surface area contributed by atoms with Gasteiger partial charge in [-0.3, -0.25) is 4.79 Å². The predicted octanol–water partition coefficient (Wildman–Crippen LogP) is -0.0311. The van der Waals surface area contributed by atoms with Crippen molar-refractivity contribution in [1.29, 1.82) is 0 Å². The summed E-state index contributed by atoms with van der Waals surface area (Å²) in [5, 5.41) is 3.17. The minimum atomic E-state index is -0.223. The van der Waals surface area contributed by atoms with Gasteiger partial charge in [0, 0.05) is 12.5 Å². The maximum atomic E-state index is 10.5. The summed E-state index contributed by atoms with van der Waals surface area (Å²) in [6.07, 6.45) is 4.53. The second-order valence-electron chi connectivity index (χ2n) is 3.28. The van der Waals surface area contributed by atoms with Crippen LogP contribution in [0, 0.1) is 0 Å². The first-order valence-electron chi connectivity index (χ1n) is 4.86. The van der Waals surface area contributed by atoms with Crippen LogP contribution in [0.3, 0.4) is 0 Å². The fourth-order valence-electron chi connectivity index (χ4n) is 1.28. The Labute approximate surface area is 80.0 Å². The zero-order valence-electron chi connectivity index (χ0n) is 8.38. The molecule has 13 heavy (non-hydrogen) atoms. The summed E-state index contributed by atoms with van der Waals surface area (Å²) in [5.74, 6) is -0.223. The van der Waals surface area contributed by atoms with Gasteiger partial charge >= 0.3 is 0 Å². The quantitative estimate of drug-likeness (QED) is 0.467. The highest BCUT2D eigenvalue weighted by Gasteiger charge is 2.06. The van der Waals surface area contributed by atoms with Gasteiger partial charge in [-0.05, 0) is 32.9 Å². The van der Waals surface area contributed by atoms with E-state index >= 15 is 0 Å². The molecule has 0 radical (unpaired) electrons. The molecule has 1 atom stereocenters. The summed E-state index contributed by atoms with van der Waals surface area (Å²) in [5.41, 5.74) is 10.4. The zero-order chi connectivity index (χ0) is 10.1. The van der Waals surface area contributed by atoms with E-state index in [0.29, 0.717) is 12.5 Å². The first-order chi connectivity index (χ1) is 6.20. The summed E-state index contributed by atoms with van der Waals surface area (Å²) in [7, 11) is 1.91. The monoisotopic (exact) mass is 187 g/mol. The summed E-state index contributed by atoms with van der Waals surface area (Å²) in [4.78, 5) is 10.5. The Morgan fingerprint density at radius 3 is 2.54 bits per heavy atom. The van der Waals surface area contributed by atoms with Gasteiger partial charge < -0.3 is 16.8 Å². The van der Waals surface area contributed by atoms with Gasteiger partial charge in [0.25, 0.3) is 0 Å². The van der Waals surface area contributed by atoms with Crippen LogP contribution < -0.4 is 16.8 Å². The first-order valence-corrected chi connectivity index (χ1v) is 4.86. The van der Waals surface area contributed by atoms with Crippen molar-refractivity contribution in [2.24, 2.45) is 11.5 Å². The number of hydrogen-bond donors (Lipinski definition) is 3. The van der Waals surface area contributed by atoms with E-state index in [2.05, 4.69) is 5.32 Å². The van der Waals surface area contributed by atoms with E-state index in [1.165, 1.54) is 0 Å². The highest BCUT2D eigenvalue weighted by Crippen LogP contribution is 2.05. The smallest absolute Gasteiger partial charge is 0.217 e. The van der Waals surface area contributed by atoms with Crippen molar-refractivity contribution in [3.8, 4) is 0 Å². The number of nitrogens with two attached hydrogens (primary N) is 2. The Kier molecular flexibility index (Phi) is 7.63. The second-order valence-corrected chi connectivity index (χ2v) is 3.28. The third-order valence-electron chi connectivity index (χ3n) is 2.15. The van der Waals surface area contributed by atoms with Crippen LogP contribution in [0.5, 0.6) is 0 Å². The van der Waals surface area contributed by atoms with Gasteiger partial charge in [0.05, 0.1) is 0 Å². The zero-order valence-corrected chi connectivity index (χ0v) is 8.38. The van der Waals surface area contributed by atoms with Crippen LogP contribution in [0.1, 0.15) is 32.1 Å². The van der Waals surface area contributed by atoms with E-state index in [0.717, 1.165) is 32.2 Å². The maximum Gasteiger partial charge on any atom is 0.217 e. The molecule has 0 fully saturated rings. The van der Waals surface area contributed by atoms with Crippen molar-refractivity contribution < 1.29 is 4.79 Å². The molecule has 0 aliphatic heterocycles. The molecule has 0 aliphatic rings. The SMILES string of the molecule is CNC(CCCCN)CCC(N)=O. The largest absolute Gasteiger partial charge is 0.370 e. The van der Waals surface area contributed by atoms with E-state index < -0.39 is 0 Å². The van der Waals surface area contributed by atoms with Crippen LogP contribution in [-0.2, 0) is 4.79 Å². The third kappa shape index (κ3) is 7.74. The molecular formula is C9H21N3O. The molecular weight excluding hydrogens is 166 g/mol. The molecule has 0 heterocycles. The van der Waals surface area contributed by atoms with Gasteiger partial charge in [-0.1, -0.05) is 6.42 Å². The van der Waals surface area contributed by atoms with Gasteiger partial charge in [0.15, 0.2) is 0 Å². The lowest BCUT2D eigenvalue weighted by molar-refractivity contribution is -0.118. The van der Waals surface area contributed by atoms with Crippen LogP contribution in [0.15, 0.2) is 0 Å². The van der Waals surface area contributed by atoms with E-state index in [-0.39, 0.29) is 5.91 Å². The predicted molar refractivity (Wildman–Crippen MR) is 54.2 cm³/mol. The highest BCUT2D eigenvalue weighted by atomic mass is 16.1. The molecule has 4 heteroatoms. The van der Waals surface area contributed by atoms with Crippen molar-refractivity contribution in [2.75, 3.05) is 13.6 Å². The molecule has 5 N–H and O–H groups in total. The Morgan fingerprint density at radius 1 is 1.38 bits per heavy atom. The Morgan fingerprint density at radius 2 is 2.08 bits per heavy atom. The number of amides is 1. The lowest BCUT2D eigenvalue weighted by atomic mass is 10.0. The van der Waals surface area contributed by atoms with Gasteiger partial charge in [-0.2, -0.15) is 0 Å². The minimum absolute atomic E-state index is 0.223.